The van der Waals surface area contributed by atoms with E-state index in [1.54, 1.807) is 6.92 Å². The van der Waals surface area contributed by atoms with Crippen LogP contribution in [0.25, 0.3) is 0 Å². The first kappa shape index (κ1) is 14.7. The maximum absolute atomic E-state index is 11.7. The lowest BCUT2D eigenvalue weighted by molar-refractivity contribution is -0.384. The molecule has 1 aromatic rings. The summed E-state index contributed by atoms with van der Waals surface area (Å²) in [7, 11) is 0. The molecule has 1 aliphatic rings. The molecule has 2 N–H and O–H groups in total. The number of carbonyl (C=O) groups excluding carboxylic acids is 1. The van der Waals surface area contributed by atoms with Gasteiger partial charge < -0.3 is 10.6 Å². The lowest BCUT2D eigenvalue weighted by Crippen LogP contribution is -2.29. The Morgan fingerprint density at radius 1 is 1.50 bits per heavy atom. The van der Waals surface area contributed by atoms with E-state index in [1.165, 1.54) is 25.0 Å². The van der Waals surface area contributed by atoms with Gasteiger partial charge in [0.2, 0.25) is 5.91 Å². The summed E-state index contributed by atoms with van der Waals surface area (Å²) < 4.78 is 0. The highest BCUT2D eigenvalue weighted by molar-refractivity contribution is 6.33. The highest BCUT2D eigenvalue weighted by Crippen LogP contribution is 2.30. The van der Waals surface area contributed by atoms with Crippen LogP contribution < -0.4 is 10.6 Å². The van der Waals surface area contributed by atoms with Crippen molar-refractivity contribution in [1.29, 1.82) is 0 Å². The van der Waals surface area contributed by atoms with Crippen LogP contribution in [0.2, 0.25) is 5.02 Å². The number of amides is 1. The number of nitro benzene ring substituents is 1. The van der Waals surface area contributed by atoms with Gasteiger partial charge in [-0.05, 0) is 43.9 Å². The van der Waals surface area contributed by atoms with Crippen molar-refractivity contribution in [3.05, 3.63) is 32.8 Å². The summed E-state index contributed by atoms with van der Waals surface area (Å²) in [5, 5.41) is 16.5. The van der Waals surface area contributed by atoms with Crippen molar-refractivity contribution < 1.29 is 9.72 Å². The van der Waals surface area contributed by atoms with Gasteiger partial charge in [-0.2, -0.15) is 0 Å². The van der Waals surface area contributed by atoms with Crippen LogP contribution in [0.4, 0.5) is 11.4 Å². The van der Waals surface area contributed by atoms with Gasteiger partial charge >= 0.3 is 0 Å². The average molecular weight is 298 g/mol. The normalized spacial score (nSPS) is 14.1. The molecule has 0 saturated heterocycles. The minimum Gasteiger partial charge on any atom is -0.325 e. The number of anilines is 1. The van der Waals surface area contributed by atoms with Crippen molar-refractivity contribution in [3.8, 4) is 0 Å². The summed E-state index contributed by atoms with van der Waals surface area (Å²) in [6.07, 6.45) is 2.46. The van der Waals surface area contributed by atoms with E-state index in [1.807, 2.05) is 0 Å². The van der Waals surface area contributed by atoms with E-state index in [9.17, 15) is 14.9 Å². The van der Waals surface area contributed by atoms with Crippen LogP contribution in [0.15, 0.2) is 12.1 Å². The fourth-order valence-electron chi connectivity index (χ4n) is 1.85. The highest BCUT2D eigenvalue weighted by atomic mass is 35.5. The van der Waals surface area contributed by atoms with Gasteiger partial charge in [-0.1, -0.05) is 11.6 Å². The van der Waals surface area contributed by atoms with Crippen LogP contribution >= 0.6 is 11.6 Å². The van der Waals surface area contributed by atoms with Crippen LogP contribution in [-0.4, -0.2) is 23.9 Å². The zero-order chi connectivity index (χ0) is 14.7. The zero-order valence-electron chi connectivity index (χ0n) is 11.1. The van der Waals surface area contributed by atoms with E-state index in [0.717, 1.165) is 6.54 Å². The SMILES string of the molecule is Cc1cc([N+](=O)[O-])c(Cl)cc1NC(=O)CNCC1CC1. The Balaban J connectivity index is 1.95. The Morgan fingerprint density at radius 3 is 2.80 bits per heavy atom. The molecule has 0 radical (unpaired) electrons. The topological polar surface area (TPSA) is 84.3 Å². The van der Waals surface area contributed by atoms with E-state index < -0.39 is 4.92 Å². The first-order valence-electron chi connectivity index (χ1n) is 6.42. The van der Waals surface area contributed by atoms with Gasteiger partial charge in [-0.3, -0.25) is 14.9 Å². The number of nitrogens with zero attached hydrogens (tertiary/aromatic N) is 1. The molecule has 1 saturated carbocycles. The van der Waals surface area contributed by atoms with Crippen molar-refractivity contribution in [1.82, 2.24) is 5.32 Å². The quantitative estimate of drug-likeness (QED) is 0.624. The van der Waals surface area contributed by atoms with Gasteiger partial charge in [0.05, 0.1) is 11.5 Å². The van der Waals surface area contributed by atoms with Crippen molar-refractivity contribution in [3.63, 3.8) is 0 Å². The smallest absolute Gasteiger partial charge is 0.288 e. The van der Waals surface area contributed by atoms with Gasteiger partial charge in [0.25, 0.3) is 5.69 Å². The van der Waals surface area contributed by atoms with E-state index in [2.05, 4.69) is 10.6 Å². The highest BCUT2D eigenvalue weighted by Gasteiger charge is 2.21. The number of halogens is 1. The number of nitrogens with one attached hydrogen (secondary N) is 2. The predicted octanol–water partition coefficient (Wildman–Crippen LogP) is 2.49. The van der Waals surface area contributed by atoms with Crippen molar-refractivity contribution in [2.75, 3.05) is 18.4 Å². The van der Waals surface area contributed by atoms with E-state index >= 15 is 0 Å². The number of rotatable bonds is 6. The fourth-order valence-corrected chi connectivity index (χ4v) is 2.08. The molecule has 0 bridgehead atoms. The molecular formula is C13H16ClN3O3. The molecule has 0 unspecified atom stereocenters. The molecule has 0 heterocycles. The molecular weight excluding hydrogens is 282 g/mol. The summed E-state index contributed by atoms with van der Waals surface area (Å²) >= 11 is 5.83. The Labute approximate surface area is 121 Å². The Hall–Kier alpha value is -1.66. The number of aryl methyl sites for hydroxylation is 1. The molecule has 1 aromatic carbocycles. The number of benzene rings is 1. The van der Waals surface area contributed by atoms with Gasteiger partial charge in [0.1, 0.15) is 5.02 Å². The molecule has 1 amide bonds. The lowest BCUT2D eigenvalue weighted by Gasteiger charge is -2.09. The maximum Gasteiger partial charge on any atom is 0.288 e. The van der Waals surface area contributed by atoms with E-state index in [4.69, 9.17) is 11.6 Å². The first-order valence-corrected chi connectivity index (χ1v) is 6.80. The van der Waals surface area contributed by atoms with Crippen LogP contribution in [0.1, 0.15) is 18.4 Å². The molecule has 2 rings (SSSR count). The second-order valence-electron chi connectivity index (χ2n) is 5.00. The molecule has 7 heteroatoms. The molecule has 108 valence electrons. The van der Waals surface area contributed by atoms with Gasteiger partial charge in [0.15, 0.2) is 0 Å². The molecule has 20 heavy (non-hydrogen) atoms. The molecule has 0 aromatic heterocycles. The molecule has 1 aliphatic carbocycles. The average Bonchev–Trinajstić information content (AvgIpc) is 3.17. The van der Waals surface area contributed by atoms with Gasteiger partial charge in [-0.15, -0.1) is 0 Å². The summed E-state index contributed by atoms with van der Waals surface area (Å²) in [6, 6.07) is 2.77. The lowest BCUT2D eigenvalue weighted by atomic mass is 10.1. The third-order valence-corrected chi connectivity index (χ3v) is 3.48. The second kappa shape index (κ2) is 6.19. The predicted molar refractivity (Wildman–Crippen MR) is 77.1 cm³/mol. The summed E-state index contributed by atoms with van der Waals surface area (Å²) in [6.45, 7) is 2.77. The molecule has 0 aliphatic heterocycles. The zero-order valence-corrected chi connectivity index (χ0v) is 11.9. The second-order valence-corrected chi connectivity index (χ2v) is 5.41. The first-order chi connectivity index (χ1) is 9.47. The van der Waals surface area contributed by atoms with Crippen molar-refractivity contribution in [2.24, 2.45) is 5.92 Å². The summed E-state index contributed by atoms with van der Waals surface area (Å²) in [5.74, 6) is 0.525. The largest absolute Gasteiger partial charge is 0.325 e. The van der Waals surface area contributed by atoms with Crippen LogP contribution in [0.3, 0.4) is 0 Å². The Kier molecular flexibility index (Phi) is 4.57. The third kappa shape index (κ3) is 3.91. The van der Waals surface area contributed by atoms with E-state index in [-0.39, 0.29) is 23.2 Å². The summed E-state index contributed by atoms with van der Waals surface area (Å²) in [5.41, 5.74) is 0.949. The standard InChI is InChI=1S/C13H16ClN3O3/c1-8-4-12(17(19)20)10(14)5-11(8)16-13(18)7-15-6-9-2-3-9/h4-5,9,15H,2-3,6-7H2,1H3,(H,16,18). The number of carbonyl (C=O) groups is 1. The minimum atomic E-state index is -0.544. The van der Waals surface area contributed by atoms with Crippen molar-refractivity contribution >= 4 is 28.9 Å². The van der Waals surface area contributed by atoms with Crippen LogP contribution in [-0.2, 0) is 4.79 Å². The van der Waals surface area contributed by atoms with Gasteiger partial charge in [-0.25, -0.2) is 0 Å². The van der Waals surface area contributed by atoms with Crippen LogP contribution in [0, 0.1) is 23.0 Å². The minimum absolute atomic E-state index is 0.0156. The monoisotopic (exact) mass is 297 g/mol. The maximum atomic E-state index is 11.7. The number of nitro groups is 1. The number of hydrogen-bond acceptors (Lipinski definition) is 4. The fraction of sp³-hybridized carbons (Fsp3) is 0.462. The van der Waals surface area contributed by atoms with Gasteiger partial charge in [0, 0.05) is 11.8 Å². The van der Waals surface area contributed by atoms with E-state index in [0.29, 0.717) is 17.2 Å². The molecule has 1 fully saturated rings. The third-order valence-electron chi connectivity index (χ3n) is 3.18. The number of hydrogen-bond donors (Lipinski definition) is 2. The summed E-state index contributed by atoms with van der Waals surface area (Å²) in [4.78, 5) is 21.9. The van der Waals surface area contributed by atoms with Crippen molar-refractivity contribution in [2.45, 2.75) is 19.8 Å². The Bertz CT molecular complexity index is 544. The molecule has 6 nitrogen and oxygen atoms in total. The molecule has 0 atom stereocenters. The molecule has 0 spiro atoms. The van der Waals surface area contributed by atoms with Crippen LogP contribution in [0.5, 0.6) is 0 Å². The Morgan fingerprint density at radius 2 is 2.20 bits per heavy atom.